The van der Waals surface area contributed by atoms with Crippen LogP contribution < -0.4 is 0 Å². The summed E-state index contributed by atoms with van der Waals surface area (Å²) in [4.78, 5) is 11.0. The Morgan fingerprint density at radius 2 is 2.00 bits per heavy atom. The summed E-state index contributed by atoms with van der Waals surface area (Å²) in [5.41, 5.74) is 0. The highest BCUT2D eigenvalue weighted by Gasteiger charge is 2.30. The Hall–Kier alpha value is -0.570. The van der Waals surface area contributed by atoms with Crippen LogP contribution in [0, 0.1) is 0 Å². The van der Waals surface area contributed by atoms with Gasteiger partial charge in [0.2, 0.25) is 0 Å². The van der Waals surface area contributed by atoms with Crippen molar-refractivity contribution >= 4 is 5.97 Å². The Morgan fingerprint density at radius 3 is 2.62 bits per heavy atom. The molecule has 1 aliphatic carbocycles. The smallest absolute Gasteiger partial charge is 0.305 e. The maximum absolute atomic E-state index is 11.0. The summed E-state index contributed by atoms with van der Waals surface area (Å²) in [7, 11) is 0. The second-order valence-electron chi connectivity index (χ2n) is 3.31. The van der Waals surface area contributed by atoms with Gasteiger partial charge in [-0.05, 0) is 26.2 Å². The molecule has 1 aliphatic rings. The maximum atomic E-state index is 11.0. The standard InChI is InChI=1S/C10H18O3/c1-3-10(11)13-9-7-5-6-8(9)12-4-2/h8-9H,3-7H2,1-2H3. The number of ether oxygens (including phenoxy) is 2. The fraction of sp³-hybridized carbons (Fsp3) is 0.900. The number of rotatable bonds is 4. The van der Waals surface area contributed by atoms with Crippen LogP contribution >= 0.6 is 0 Å². The van der Waals surface area contributed by atoms with E-state index in [1.54, 1.807) is 0 Å². The van der Waals surface area contributed by atoms with Crippen molar-refractivity contribution in [3.63, 3.8) is 0 Å². The van der Waals surface area contributed by atoms with E-state index in [4.69, 9.17) is 9.47 Å². The molecule has 0 aliphatic heterocycles. The summed E-state index contributed by atoms with van der Waals surface area (Å²) in [5.74, 6) is -0.114. The van der Waals surface area contributed by atoms with Crippen LogP contribution in [-0.2, 0) is 14.3 Å². The molecule has 1 rings (SSSR count). The van der Waals surface area contributed by atoms with Crippen LogP contribution in [0.3, 0.4) is 0 Å². The molecule has 2 atom stereocenters. The predicted molar refractivity (Wildman–Crippen MR) is 49.4 cm³/mol. The number of carbonyl (C=O) groups is 1. The first-order chi connectivity index (χ1) is 6.27. The summed E-state index contributed by atoms with van der Waals surface area (Å²) in [6, 6.07) is 0. The van der Waals surface area contributed by atoms with Crippen molar-refractivity contribution in [2.24, 2.45) is 0 Å². The minimum atomic E-state index is -0.114. The van der Waals surface area contributed by atoms with Crippen molar-refractivity contribution in [3.8, 4) is 0 Å². The number of hydrogen-bond donors (Lipinski definition) is 0. The third-order valence-corrected chi connectivity index (χ3v) is 2.34. The van der Waals surface area contributed by atoms with Crippen LogP contribution in [-0.4, -0.2) is 24.8 Å². The first-order valence-corrected chi connectivity index (χ1v) is 5.09. The van der Waals surface area contributed by atoms with E-state index in [0.29, 0.717) is 13.0 Å². The molecule has 0 saturated heterocycles. The molecule has 0 amide bonds. The van der Waals surface area contributed by atoms with Crippen LogP contribution in [0.1, 0.15) is 39.5 Å². The van der Waals surface area contributed by atoms with Crippen LogP contribution in [0.5, 0.6) is 0 Å². The molecule has 2 unspecified atom stereocenters. The largest absolute Gasteiger partial charge is 0.460 e. The van der Waals surface area contributed by atoms with Gasteiger partial charge >= 0.3 is 5.97 Å². The molecule has 1 saturated carbocycles. The molecule has 0 bridgehead atoms. The minimum Gasteiger partial charge on any atom is -0.460 e. The molecule has 0 aromatic rings. The number of hydrogen-bond acceptors (Lipinski definition) is 3. The molecule has 0 radical (unpaired) electrons. The van der Waals surface area contributed by atoms with Gasteiger partial charge < -0.3 is 9.47 Å². The first-order valence-electron chi connectivity index (χ1n) is 5.09. The third-order valence-electron chi connectivity index (χ3n) is 2.34. The highest BCUT2D eigenvalue weighted by atomic mass is 16.6. The number of carbonyl (C=O) groups excluding carboxylic acids is 1. The lowest BCUT2D eigenvalue weighted by atomic mass is 10.2. The van der Waals surface area contributed by atoms with Crippen LogP contribution in [0.2, 0.25) is 0 Å². The lowest BCUT2D eigenvalue weighted by Crippen LogP contribution is -2.28. The molecule has 0 spiro atoms. The molecular formula is C10H18O3. The molecule has 0 N–H and O–H groups in total. The molecule has 0 aromatic heterocycles. The molecule has 3 nitrogen and oxygen atoms in total. The molecular weight excluding hydrogens is 168 g/mol. The van der Waals surface area contributed by atoms with Gasteiger partial charge in [0.15, 0.2) is 0 Å². The highest BCUT2D eigenvalue weighted by molar-refractivity contribution is 5.69. The highest BCUT2D eigenvalue weighted by Crippen LogP contribution is 2.25. The Kier molecular flexibility index (Phi) is 4.22. The van der Waals surface area contributed by atoms with Crippen molar-refractivity contribution in [3.05, 3.63) is 0 Å². The average Bonchev–Trinajstić information content (AvgIpc) is 2.54. The van der Waals surface area contributed by atoms with Crippen LogP contribution in [0.4, 0.5) is 0 Å². The normalized spacial score (nSPS) is 27.5. The Morgan fingerprint density at radius 1 is 1.31 bits per heavy atom. The van der Waals surface area contributed by atoms with E-state index < -0.39 is 0 Å². The van der Waals surface area contributed by atoms with Crippen molar-refractivity contribution in [1.29, 1.82) is 0 Å². The van der Waals surface area contributed by atoms with Gasteiger partial charge in [-0.15, -0.1) is 0 Å². The first kappa shape index (κ1) is 10.5. The molecule has 3 heteroatoms. The summed E-state index contributed by atoms with van der Waals surface area (Å²) in [5, 5.41) is 0. The van der Waals surface area contributed by atoms with E-state index >= 15 is 0 Å². The zero-order valence-corrected chi connectivity index (χ0v) is 8.41. The lowest BCUT2D eigenvalue weighted by Gasteiger charge is -2.19. The Bertz CT molecular complexity index is 168. The van der Waals surface area contributed by atoms with E-state index in [0.717, 1.165) is 19.3 Å². The molecule has 0 aromatic carbocycles. The van der Waals surface area contributed by atoms with Gasteiger partial charge in [-0.2, -0.15) is 0 Å². The average molecular weight is 186 g/mol. The topological polar surface area (TPSA) is 35.5 Å². The van der Waals surface area contributed by atoms with Gasteiger partial charge in [-0.3, -0.25) is 4.79 Å². The maximum Gasteiger partial charge on any atom is 0.305 e. The molecule has 1 fully saturated rings. The van der Waals surface area contributed by atoms with Gasteiger partial charge in [0.05, 0.1) is 6.10 Å². The van der Waals surface area contributed by atoms with Crippen LogP contribution in [0.25, 0.3) is 0 Å². The molecule has 76 valence electrons. The molecule has 13 heavy (non-hydrogen) atoms. The van der Waals surface area contributed by atoms with E-state index in [9.17, 15) is 4.79 Å². The zero-order valence-electron chi connectivity index (χ0n) is 8.41. The molecule has 0 heterocycles. The van der Waals surface area contributed by atoms with E-state index in [-0.39, 0.29) is 18.2 Å². The van der Waals surface area contributed by atoms with Crippen molar-refractivity contribution in [1.82, 2.24) is 0 Å². The van der Waals surface area contributed by atoms with Gasteiger partial charge in [0.25, 0.3) is 0 Å². The van der Waals surface area contributed by atoms with Crippen LogP contribution in [0.15, 0.2) is 0 Å². The van der Waals surface area contributed by atoms with Crippen molar-refractivity contribution < 1.29 is 14.3 Å². The monoisotopic (exact) mass is 186 g/mol. The van der Waals surface area contributed by atoms with Gasteiger partial charge in [0.1, 0.15) is 6.10 Å². The van der Waals surface area contributed by atoms with Crippen molar-refractivity contribution in [2.45, 2.75) is 51.7 Å². The fourth-order valence-electron chi connectivity index (χ4n) is 1.68. The van der Waals surface area contributed by atoms with Gasteiger partial charge in [0, 0.05) is 13.0 Å². The summed E-state index contributed by atoms with van der Waals surface area (Å²) < 4.78 is 10.7. The van der Waals surface area contributed by atoms with E-state index in [1.807, 2.05) is 13.8 Å². The zero-order chi connectivity index (χ0) is 9.68. The minimum absolute atomic E-state index is 0.00685. The second kappa shape index (κ2) is 5.22. The van der Waals surface area contributed by atoms with E-state index in [1.165, 1.54) is 0 Å². The summed E-state index contributed by atoms with van der Waals surface area (Å²) in [6.45, 7) is 4.48. The lowest BCUT2D eigenvalue weighted by molar-refractivity contribution is -0.154. The fourth-order valence-corrected chi connectivity index (χ4v) is 1.68. The third kappa shape index (κ3) is 2.99. The Labute approximate surface area is 79.4 Å². The van der Waals surface area contributed by atoms with Crippen molar-refractivity contribution in [2.75, 3.05) is 6.61 Å². The van der Waals surface area contributed by atoms with Gasteiger partial charge in [-0.1, -0.05) is 6.92 Å². The van der Waals surface area contributed by atoms with E-state index in [2.05, 4.69) is 0 Å². The SMILES string of the molecule is CCOC1CCCC1OC(=O)CC. The predicted octanol–water partition coefficient (Wildman–Crippen LogP) is 1.90. The second-order valence-corrected chi connectivity index (χ2v) is 3.31. The quantitative estimate of drug-likeness (QED) is 0.629. The Balaban J connectivity index is 2.34. The summed E-state index contributed by atoms with van der Waals surface area (Å²) in [6.07, 6.45) is 3.68. The van der Waals surface area contributed by atoms with Gasteiger partial charge in [-0.25, -0.2) is 0 Å². The number of esters is 1. The summed E-state index contributed by atoms with van der Waals surface area (Å²) >= 11 is 0.